The van der Waals surface area contributed by atoms with Crippen LogP contribution in [-0.2, 0) is 14.4 Å². The molecule has 0 spiro atoms. The smallest absolute Gasteiger partial charge is 0.223 e. The number of rotatable bonds is 3. The molecule has 2 N–H and O–H groups in total. The molecule has 17 heavy (non-hydrogen) atoms. The number of amides is 3. The molecule has 96 valence electrons. The molecule has 1 fully saturated rings. The van der Waals surface area contributed by atoms with Crippen LogP contribution in [0.1, 0.15) is 20.3 Å². The monoisotopic (exact) mass is 241 g/mol. The Morgan fingerprint density at radius 1 is 1.12 bits per heavy atom. The van der Waals surface area contributed by atoms with Gasteiger partial charge in [0.1, 0.15) is 0 Å². The molecule has 0 radical (unpaired) electrons. The molecule has 6 heteroatoms. The van der Waals surface area contributed by atoms with Crippen LogP contribution >= 0.6 is 0 Å². The number of hydrogen-bond acceptors (Lipinski definition) is 3. The molecule has 1 saturated heterocycles. The van der Waals surface area contributed by atoms with Gasteiger partial charge in [-0.15, -0.1) is 0 Å². The summed E-state index contributed by atoms with van der Waals surface area (Å²) in [7, 11) is 0. The zero-order chi connectivity index (χ0) is 13.0. The van der Waals surface area contributed by atoms with Crippen LogP contribution in [0.2, 0.25) is 0 Å². The van der Waals surface area contributed by atoms with E-state index in [-0.39, 0.29) is 18.2 Å². The maximum Gasteiger partial charge on any atom is 0.223 e. The summed E-state index contributed by atoms with van der Waals surface area (Å²) < 4.78 is 0. The Morgan fingerprint density at radius 3 is 2.00 bits per heavy atom. The Balaban J connectivity index is 2.41. The van der Waals surface area contributed by atoms with E-state index in [1.807, 2.05) is 0 Å². The first kappa shape index (κ1) is 13.5. The summed E-state index contributed by atoms with van der Waals surface area (Å²) in [6.07, 6.45) is 0.148. The third-order valence-electron chi connectivity index (χ3n) is 3.04. The molecule has 3 amide bonds. The Kier molecular flexibility index (Phi) is 4.48. The van der Waals surface area contributed by atoms with Crippen LogP contribution < -0.4 is 5.73 Å². The molecule has 1 rings (SSSR count). The number of nitrogens with two attached hydrogens (primary N) is 1. The first-order valence-electron chi connectivity index (χ1n) is 5.74. The Bertz CT molecular complexity index is 322. The second-order valence-corrected chi connectivity index (χ2v) is 4.39. The predicted octanol–water partition coefficient (Wildman–Crippen LogP) is -0.811. The van der Waals surface area contributed by atoms with Gasteiger partial charge in [0.05, 0.1) is 0 Å². The van der Waals surface area contributed by atoms with Crippen molar-refractivity contribution in [2.24, 2.45) is 11.7 Å². The molecular formula is C11H19N3O3. The minimum Gasteiger partial charge on any atom is -0.369 e. The maximum atomic E-state index is 11.8. The fourth-order valence-corrected chi connectivity index (χ4v) is 1.76. The number of carbonyl (C=O) groups is 3. The SMILES string of the molecule is CC(=O)N1CCN(C(=O)CC(C)C(N)=O)CC1. The van der Waals surface area contributed by atoms with Gasteiger partial charge in [-0.3, -0.25) is 14.4 Å². The van der Waals surface area contributed by atoms with Crippen LogP contribution in [0.25, 0.3) is 0 Å². The number of carbonyl (C=O) groups excluding carboxylic acids is 3. The van der Waals surface area contributed by atoms with Crippen molar-refractivity contribution in [3.63, 3.8) is 0 Å². The van der Waals surface area contributed by atoms with Gasteiger partial charge >= 0.3 is 0 Å². The summed E-state index contributed by atoms with van der Waals surface area (Å²) in [5.74, 6) is -0.934. The van der Waals surface area contributed by atoms with E-state index in [0.29, 0.717) is 26.2 Å². The number of piperazine rings is 1. The lowest BCUT2D eigenvalue weighted by Crippen LogP contribution is -2.50. The molecule has 0 aromatic rings. The summed E-state index contributed by atoms with van der Waals surface area (Å²) in [5, 5.41) is 0. The zero-order valence-electron chi connectivity index (χ0n) is 10.3. The van der Waals surface area contributed by atoms with Crippen molar-refractivity contribution in [3.8, 4) is 0 Å². The fourth-order valence-electron chi connectivity index (χ4n) is 1.76. The van der Waals surface area contributed by atoms with Crippen LogP contribution in [0.4, 0.5) is 0 Å². The lowest BCUT2D eigenvalue weighted by atomic mass is 10.1. The summed E-state index contributed by atoms with van der Waals surface area (Å²) in [5.41, 5.74) is 5.11. The van der Waals surface area contributed by atoms with Crippen LogP contribution in [-0.4, -0.2) is 53.7 Å². The van der Waals surface area contributed by atoms with Crippen molar-refractivity contribution >= 4 is 17.7 Å². The molecule has 1 heterocycles. The average Bonchev–Trinajstić information content (AvgIpc) is 2.28. The van der Waals surface area contributed by atoms with Gasteiger partial charge in [0.25, 0.3) is 0 Å². The molecule has 1 aliphatic rings. The number of nitrogens with zero attached hydrogens (tertiary/aromatic N) is 2. The fraction of sp³-hybridized carbons (Fsp3) is 0.727. The average molecular weight is 241 g/mol. The molecule has 1 atom stereocenters. The molecule has 1 aliphatic heterocycles. The van der Waals surface area contributed by atoms with Crippen molar-refractivity contribution in [2.45, 2.75) is 20.3 Å². The van der Waals surface area contributed by atoms with Crippen molar-refractivity contribution < 1.29 is 14.4 Å². The van der Waals surface area contributed by atoms with E-state index in [9.17, 15) is 14.4 Å². The van der Waals surface area contributed by atoms with Crippen LogP contribution in [0.3, 0.4) is 0 Å². The minimum atomic E-state index is -0.458. The van der Waals surface area contributed by atoms with Crippen molar-refractivity contribution in [3.05, 3.63) is 0 Å². The van der Waals surface area contributed by atoms with Gasteiger partial charge < -0.3 is 15.5 Å². The van der Waals surface area contributed by atoms with Crippen molar-refractivity contribution in [1.29, 1.82) is 0 Å². The van der Waals surface area contributed by atoms with E-state index in [2.05, 4.69) is 0 Å². The highest BCUT2D eigenvalue weighted by Crippen LogP contribution is 2.08. The highest BCUT2D eigenvalue weighted by molar-refractivity contribution is 5.84. The largest absolute Gasteiger partial charge is 0.369 e. The maximum absolute atomic E-state index is 11.8. The molecule has 0 aliphatic carbocycles. The van der Waals surface area contributed by atoms with Gasteiger partial charge in [-0.1, -0.05) is 6.92 Å². The van der Waals surface area contributed by atoms with Gasteiger partial charge in [-0.25, -0.2) is 0 Å². The topological polar surface area (TPSA) is 83.7 Å². The first-order chi connectivity index (χ1) is 7.91. The molecule has 1 unspecified atom stereocenters. The van der Waals surface area contributed by atoms with E-state index < -0.39 is 11.8 Å². The Morgan fingerprint density at radius 2 is 1.59 bits per heavy atom. The molecule has 0 saturated carbocycles. The third-order valence-corrected chi connectivity index (χ3v) is 3.04. The molecular weight excluding hydrogens is 222 g/mol. The molecule has 0 bridgehead atoms. The second-order valence-electron chi connectivity index (χ2n) is 4.39. The number of hydrogen-bond donors (Lipinski definition) is 1. The summed E-state index contributed by atoms with van der Waals surface area (Å²) in [6.45, 7) is 5.35. The van der Waals surface area contributed by atoms with Crippen LogP contribution in [0.15, 0.2) is 0 Å². The highest BCUT2D eigenvalue weighted by atomic mass is 16.2. The lowest BCUT2D eigenvalue weighted by molar-refractivity contribution is -0.140. The van der Waals surface area contributed by atoms with E-state index in [4.69, 9.17) is 5.73 Å². The standard InChI is InChI=1S/C11H19N3O3/c1-8(11(12)17)7-10(16)14-5-3-13(4-6-14)9(2)15/h8H,3-7H2,1-2H3,(H2,12,17). The van der Waals surface area contributed by atoms with Gasteiger partial charge in [0.15, 0.2) is 0 Å². The quantitative estimate of drug-likeness (QED) is 0.701. The lowest BCUT2D eigenvalue weighted by Gasteiger charge is -2.34. The van der Waals surface area contributed by atoms with Crippen LogP contribution in [0, 0.1) is 5.92 Å². The predicted molar refractivity (Wildman–Crippen MR) is 61.8 cm³/mol. The van der Waals surface area contributed by atoms with Gasteiger partial charge in [-0.2, -0.15) is 0 Å². The zero-order valence-corrected chi connectivity index (χ0v) is 10.3. The van der Waals surface area contributed by atoms with Gasteiger partial charge in [0.2, 0.25) is 17.7 Å². The van der Waals surface area contributed by atoms with Crippen LogP contribution in [0.5, 0.6) is 0 Å². The highest BCUT2D eigenvalue weighted by Gasteiger charge is 2.24. The van der Waals surface area contributed by atoms with E-state index in [0.717, 1.165) is 0 Å². The van der Waals surface area contributed by atoms with E-state index in [1.54, 1.807) is 16.7 Å². The van der Waals surface area contributed by atoms with Gasteiger partial charge in [-0.05, 0) is 0 Å². The number of primary amides is 1. The van der Waals surface area contributed by atoms with E-state index in [1.165, 1.54) is 6.92 Å². The first-order valence-corrected chi connectivity index (χ1v) is 5.74. The third kappa shape index (κ3) is 3.72. The van der Waals surface area contributed by atoms with Gasteiger partial charge in [0, 0.05) is 45.4 Å². The minimum absolute atomic E-state index is 0.0302. The molecule has 6 nitrogen and oxygen atoms in total. The summed E-state index contributed by atoms with van der Waals surface area (Å²) >= 11 is 0. The summed E-state index contributed by atoms with van der Waals surface area (Å²) in [4.78, 5) is 37.2. The molecule has 0 aromatic heterocycles. The summed E-state index contributed by atoms with van der Waals surface area (Å²) in [6, 6.07) is 0. The Labute approximate surface area is 101 Å². The van der Waals surface area contributed by atoms with Crippen molar-refractivity contribution in [2.75, 3.05) is 26.2 Å². The van der Waals surface area contributed by atoms with E-state index >= 15 is 0 Å². The molecule has 0 aromatic carbocycles. The normalized spacial score (nSPS) is 17.8. The Hall–Kier alpha value is -1.59. The van der Waals surface area contributed by atoms with Crippen molar-refractivity contribution in [1.82, 2.24) is 9.80 Å². The second kappa shape index (κ2) is 5.65.